The van der Waals surface area contributed by atoms with Gasteiger partial charge >= 0.3 is 0 Å². The van der Waals surface area contributed by atoms with E-state index in [0.717, 1.165) is 42.3 Å². The Morgan fingerprint density at radius 2 is 2.04 bits per heavy atom. The van der Waals surface area contributed by atoms with E-state index in [4.69, 9.17) is 5.73 Å². The van der Waals surface area contributed by atoms with Crippen molar-refractivity contribution >= 4 is 34.3 Å². The number of rotatable bonds is 4. The van der Waals surface area contributed by atoms with E-state index in [1.807, 2.05) is 18.2 Å². The Bertz CT molecular complexity index is 920. The summed E-state index contributed by atoms with van der Waals surface area (Å²) in [7, 11) is 0. The molecule has 0 aliphatic carbocycles. The number of hydrogen-bond donors (Lipinski definition) is 3. The van der Waals surface area contributed by atoms with Gasteiger partial charge in [0, 0.05) is 32.4 Å². The van der Waals surface area contributed by atoms with Crippen molar-refractivity contribution in [1.82, 2.24) is 15.3 Å². The highest BCUT2D eigenvalue weighted by Gasteiger charge is 2.14. The second-order valence-corrected chi connectivity index (χ2v) is 7.15. The smallest absolute Gasteiger partial charge is 0.274 e. The molecule has 138 valence electrons. The number of nitrogens with two attached hydrogens (primary N) is 1. The highest BCUT2D eigenvalue weighted by Crippen LogP contribution is 2.29. The van der Waals surface area contributed by atoms with Crippen molar-refractivity contribution in [3.8, 4) is 10.4 Å². The summed E-state index contributed by atoms with van der Waals surface area (Å²) in [6.45, 7) is 3.79. The molecule has 0 atom stereocenters. The topological polar surface area (TPSA) is 96.2 Å². The van der Waals surface area contributed by atoms with Gasteiger partial charge in [0.05, 0.1) is 33.6 Å². The number of hydrogen-bond acceptors (Lipinski definition) is 7. The Labute approximate surface area is 161 Å². The predicted molar refractivity (Wildman–Crippen MR) is 109 cm³/mol. The van der Waals surface area contributed by atoms with Crippen LogP contribution >= 0.6 is 11.3 Å². The largest absolute Gasteiger partial charge is 0.397 e. The average molecular weight is 380 g/mol. The average Bonchev–Trinajstić information content (AvgIpc) is 3.25. The summed E-state index contributed by atoms with van der Waals surface area (Å²) in [5, 5.41) is 6.18. The van der Waals surface area contributed by atoms with E-state index in [1.165, 1.54) is 11.3 Å². The maximum atomic E-state index is 12.6. The van der Waals surface area contributed by atoms with E-state index in [1.54, 1.807) is 30.0 Å². The normalized spacial score (nSPS) is 14.1. The van der Waals surface area contributed by atoms with Crippen molar-refractivity contribution in [2.75, 3.05) is 42.1 Å². The van der Waals surface area contributed by atoms with Crippen molar-refractivity contribution in [2.45, 2.75) is 0 Å². The lowest BCUT2D eigenvalue weighted by atomic mass is 10.1. The first kappa shape index (κ1) is 17.4. The van der Waals surface area contributed by atoms with Crippen LogP contribution in [0.3, 0.4) is 0 Å². The molecule has 1 amide bonds. The molecule has 1 aliphatic rings. The van der Waals surface area contributed by atoms with Gasteiger partial charge in [-0.15, -0.1) is 11.3 Å². The molecular formula is C19H20N6OS. The van der Waals surface area contributed by atoms with E-state index in [0.29, 0.717) is 17.1 Å². The number of amides is 1. The lowest BCUT2D eigenvalue weighted by Gasteiger charge is -2.29. The molecule has 0 bridgehead atoms. The zero-order valence-electron chi connectivity index (χ0n) is 14.7. The number of carbonyl (C=O) groups is 1. The number of anilines is 3. The summed E-state index contributed by atoms with van der Waals surface area (Å²) in [5.74, 6) is -0.282. The van der Waals surface area contributed by atoms with E-state index in [2.05, 4.69) is 25.5 Å². The number of piperazine rings is 1. The van der Waals surface area contributed by atoms with Gasteiger partial charge in [0.15, 0.2) is 0 Å². The van der Waals surface area contributed by atoms with Gasteiger partial charge in [-0.25, -0.2) is 4.98 Å². The third-order valence-electron chi connectivity index (χ3n) is 4.48. The van der Waals surface area contributed by atoms with E-state index in [9.17, 15) is 4.79 Å². The van der Waals surface area contributed by atoms with Crippen LogP contribution in [-0.2, 0) is 0 Å². The van der Waals surface area contributed by atoms with Gasteiger partial charge in [0.2, 0.25) is 0 Å². The van der Waals surface area contributed by atoms with Crippen molar-refractivity contribution in [3.05, 3.63) is 53.9 Å². The Hall–Kier alpha value is -2.97. The van der Waals surface area contributed by atoms with Crippen LogP contribution < -0.4 is 21.3 Å². The number of carbonyl (C=O) groups excluding carboxylic acids is 1. The van der Waals surface area contributed by atoms with E-state index >= 15 is 0 Å². The first-order chi connectivity index (χ1) is 13.2. The van der Waals surface area contributed by atoms with Crippen LogP contribution in [0.1, 0.15) is 10.5 Å². The molecule has 0 radical (unpaired) electrons. The van der Waals surface area contributed by atoms with Crippen LogP contribution in [0.25, 0.3) is 10.4 Å². The molecule has 4 rings (SSSR count). The fourth-order valence-electron chi connectivity index (χ4n) is 2.99. The van der Waals surface area contributed by atoms with Gasteiger partial charge < -0.3 is 21.3 Å². The van der Waals surface area contributed by atoms with Gasteiger partial charge in [-0.2, -0.15) is 0 Å². The molecular weight excluding hydrogens is 360 g/mol. The van der Waals surface area contributed by atoms with Crippen LogP contribution in [0, 0.1) is 0 Å². The van der Waals surface area contributed by atoms with Gasteiger partial charge in [-0.3, -0.25) is 9.78 Å². The number of benzene rings is 1. The summed E-state index contributed by atoms with van der Waals surface area (Å²) in [5.41, 5.74) is 11.2. The summed E-state index contributed by atoms with van der Waals surface area (Å²) in [6, 6.07) is 9.24. The molecule has 3 heterocycles. The van der Waals surface area contributed by atoms with Crippen molar-refractivity contribution in [3.63, 3.8) is 0 Å². The lowest BCUT2D eigenvalue weighted by molar-refractivity contribution is 0.102. The number of nitrogens with zero attached hydrogens (tertiary/aromatic N) is 3. The van der Waals surface area contributed by atoms with Crippen LogP contribution in [0.4, 0.5) is 17.1 Å². The van der Waals surface area contributed by atoms with Gasteiger partial charge in [-0.1, -0.05) is 6.07 Å². The maximum Gasteiger partial charge on any atom is 0.274 e. The quantitative estimate of drug-likeness (QED) is 0.602. The minimum absolute atomic E-state index is 0.282. The molecule has 8 heteroatoms. The Balaban J connectivity index is 1.49. The predicted octanol–water partition coefficient (Wildman–Crippen LogP) is 2.45. The first-order valence-corrected chi connectivity index (χ1v) is 9.60. The van der Waals surface area contributed by atoms with Gasteiger partial charge in [0.25, 0.3) is 5.91 Å². The SMILES string of the molecule is Nc1ccc(-c2cncs2)cc1NC(=O)c1ccc(N2CCNCC2)cn1. The standard InChI is InChI=1S/C19H20N6OS/c20-15-3-1-13(18-11-22-12-27-18)9-17(15)24-19(26)16-4-2-14(10-23-16)25-7-5-21-6-8-25/h1-4,9-12,21H,5-8,20H2,(H,24,26). The fourth-order valence-corrected chi connectivity index (χ4v) is 3.61. The number of pyridine rings is 1. The molecule has 4 N–H and O–H groups in total. The van der Waals surface area contributed by atoms with Crippen molar-refractivity contribution in [2.24, 2.45) is 0 Å². The summed E-state index contributed by atoms with van der Waals surface area (Å²) >= 11 is 1.53. The first-order valence-electron chi connectivity index (χ1n) is 8.72. The zero-order chi connectivity index (χ0) is 18.6. The molecule has 1 aromatic carbocycles. The Morgan fingerprint density at radius 1 is 1.19 bits per heavy atom. The molecule has 1 aliphatic heterocycles. The van der Waals surface area contributed by atoms with Crippen LogP contribution in [0.15, 0.2) is 48.2 Å². The molecule has 0 unspecified atom stereocenters. The minimum atomic E-state index is -0.282. The molecule has 1 fully saturated rings. The number of nitrogens with one attached hydrogen (secondary N) is 2. The number of nitrogen functional groups attached to an aromatic ring is 1. The minimum Gasteiger partial charge on any atom is -0.397 e. The third-order valence-corrected chi connectivity index (χ3v) is 5.30. The zero-order valence-corrected chi connectivity index (χ0v) is 15.5. The summed E-state index contributed by atoms with van der Waals surface area (Å²) in [4.78, 5) is 24.3. The number of aromatic nitrogens is 2. The van der Waals surface area contributed by atoms with Crippen molar-refractivity contribution < 1.29 is 4.79 Å². The third kappa shape index (κ3) is 3.91. The van der Waals surface area contributed by atoms with Crippen molar-refractivity contribution in [1.29, 1.82) is 0 Å². The molecule has 1 saturated heterocycles. The molecule has 7 nitrogen and oxygen atoms in total. The highest BCUT2D eigenvalue weighted by molar-refractivity contribution is 7.13. The van der Waals surface area contributed by atoms with Crippen LogP contribution in [0.2, 0.25) is 0 Å². The molecule has 2 aromatic heterocycles. The number of thiazole rings is 1. The van der Waals surface area contributed by atoms with E-state index < -0.39 is 0 Å². The summed E-state index contributed by atoms with van der Waals surface area (Å²) < 4.78 is 0. The molecule has 0 spiro atoms. The molecule has 0 saturated carbocycles. The highest BCUT2D eigenvalue weighted by atomic mass is 32.1. The van der Waals surface area contributed by atoms with Crippen LogP contribution in [0.5, 0.6) is 0 Å². The second-order valence-electron chi connectivity index (χ2n) is 6.26. The Kier molecular flexibility index (Phi) is 4.99. The maximum absolute atomic E-state index is 12.6. The summed E-state index contributed by atoms with van der Waals surface area (Å²) in [6.07, 6.45) is 3.54. The second kappa shape index (κ2) is 7.73. The van der Waals surface area contributed by atoms with E-state index in [-0.39, 0.29) is 5.91 Å². The fraction of sp³-hybridized carbons (Fsp3) is 0.211. The van der Waals surface area contributed by atoms with Gasteiger partial charge in [0.1, 0.15) is 5.69 Å². The lowest BCUT2D eigenvalue weighted by Crippen LogP contribution is -2.43. The molecule has 3 aromatic rings. The molecule has 27 heavy (non-hydrogen) atoms. The monoisotopic (exact) mass is 380 g/mol. The van der Waals surface area contributed by atoms with Gasteiger partial charge in [-0.05, 0) is 29.8 Å². The Morgan fingerprint density at radius 3 is 2.74 bits per heavy atom. The van der Waals surface area contributed by atoms with Crippen LogP contribution in [-0.4, -0.2) is 42.1 Å².